The number of nitrogens with one attached hydrogen (secondary N) is 2. The van der Waals surface area contributed by atoms with Gasteiger partial charge in [0.05, 0.1) is 7.11 Å². The average Bonchev–Trinajstić information content (AvgIpc) is 3.54. The summed E-state index contributed by atoms with van der Waals surface area (Å²) in [5.74, 6) is 1.49. The van der Waals surface area contributed by atoms with Crippen LogP contribution in [-0.2, 0) is 17.8 Å². The molecule has 1 unspecified atom stereocenters. The van der Waals surface area contributed by atoms with Gasteiger partial charge in [-0.3, -0.25) is 9.69 Å². The van der Waals surface area contributed by atoms with Gasteiger partial charge in [-0.05, 0) is 84.6 Å². The molecule has 0 spiro atoms. The van der Waals surface area contributed by atoms with Gasteiger partial charge in [-0.25, -0.2) is 0 Å². The molecule has 1 saturated heterocycles. The number of ether oxygens (including phenoxy) is 1. The van der Waals surface area contributed by atoms with Crippen LogP contribution in [0.2, 0.25) is 0 Å². The zero-order valence-corrected chi connectivity index (χ0v) is 21.1. The molecule has 2 aromatic carbocycles. The number of H-pyrrole nitrogens is 1. The predicted molar refractivity (Wildman–Crippen MR) is 144 cm³/mol. The van der Waals surface area contributed by atoms with Crippen LogP contribution in [0.4, 0.5) is 0 Å². The number of nitrogens with zero attached hydrogens (tertiary/aromatic N) is 1. The maximum absolute atomic E-state index is 12.8. The third-order valence-electron chi connectivity index (χ3n) is 6.94. The number of aromatic amines is 1. The van der Waals surface area contributed by atoms with Crippen molar-refractivity contribution >= 4 is 28.1 Å². The molecule has 0 bridgehead atoms. The first-order valence-corrected chi connectivity index (χ1v) is 13.3. The van der Waals surface area contributed by atoms with Crippen molar-refractivity contribution in [3.63, 3.8) is 0 Å². The molecule has 35 heavy (non-hydrogen) atoms. The molecule has 3 heterocycles. The number of carbonyl (C=O) groups is 1. The molecule has 5 rings (SSSR count). The molecule has 1 aliphatic rings. The lowest BCUT2D eigenvalue weighted by Gasteiger charge is -2.32. The number of fused-ring (bicyclic) bond motifs is 1. The number of methoxy groups -OCH3 is 1. The Morgan fingerprint density at radius 2 is 2.00 bits per heavy atom. The third-order valence-corrected chi connectivity index (χ3v) is 7.81. The lowest BCUT2D eigenvalue weighted by atomic mass is 9.97. The van der Waals surface area contributed by atoms with Crippen LogP contribution in [0.25, 0.3) is 22.2 Å². The van der Waals surface area contributed by atoms with E-state index < -0.39 is 0 Å². The molecule has 0 saturated carbocycles. The second-order valence-electron chi connectivity index (χ2n) is 9.38. The van der Waals surface area contributed by atoms with E-state index in [1.807, 2.05) is 29.5 Å². The van der Waals surface area contributed by atoms with Crippen molar-refractivity contribution in [3.05, 3.63) is 76.5 Å². The van der Waals surface area contributed by atoms with Crippen LogP contribution >= 0.6 is 11.3 Å². The van der Waals surface area contributed by atoms with Gasteiger partial charge in [-0.15, -0.1) is 11.3 Å². The standard InChI is InChI=1S/C29H33N3O2S/c1-34-23-12-10-22(11-13-23)29-26(25-8-2-3-9-27(25)31-29)14-15-28(33)30-18-21-6-4-16-32(19-21)20-24-7-5-17-35-24/h2-3,5,7-13,17,21,31H,4,6,14-16,18-20H2,1H3,(H,30,33). The second kappa shape index (κ2) is 11.1. The number of aromatic nitrogens is 1. The van der Waals surface area contributed by atoms with Crippen LogP contribution in [0, 0.1) is 5.92 Å². The van der Waals surface area contributed by atoms with E-state index in [2.05, 4.69) is 63.0 Å². The van der Waals surface area contributed by atoms with Gasteiger partial charge in [0.1, 0.15) is 5.75 Å². The molecule has 5 nitrogen and oxygen atoms in total. The maximum atomic E-state index is 12.8. The highest BCUT2D eigenvalue weighted by Crippen LogP contribution is 2.32. The monoisotopic (exact) mass is 487 g/mol. The number of aryl methyl sites for hydroxylation is 1. The summed E-state index contributed by atoms with van der Waals surface area (Å²) in [5.41, 5.74) is 4.48. The van der Waals surface area contributed by atoms with Gasteiger partial charge < -0.3 is 15.0 Å². The van der Waals surface area contributed by atoms with E-state index in [9.17, 15) is 4.79 Å². The molecule has 1 atom stereocenters. The Bertz CT molecular complexity index is 1250. The molecule has 182 valence electrons. The van der Waals surface area contributed by atoms with Crippen molar-refractivity contribution < 1.29 is 9.53 Å². The number of likely N-dealkylation sites (tertiary alicyclic amines) is 1. The molecule has 4 aromatic rings. The van der Waals surface area contributed by atoms with Crippen molar-refractivity contribution in [2.75, 3.05) is 26.7 Å². The fraction of sp³-hybridized carbons (Fsp3) is 0.345. The Hall–Kier alpha value is -3.09. The zero-order valence-electron chi connectivity index (χ0n) is 20.3. The molecule has 1 aliphatic heterocycles. The number of carbonyl (C=O) groups excluding carboxylic acids is 1. The van der Waals surface area contributed by atoms with Crippen LogP contribution in [0.1, 0.15) is 29.7 Å². The third kappa shape index (κ3) is 5.77. The number of hydrogen-bond acceptors (Lipinski definition) is 4. The van der Waals surface area contributed by atoms with Gasteiger partial charge in [0.15, 0.2) is 0 Å². The van der Waals surface area contributed by atoms with E-state index in [1.165, 1.54) is 28.7 Å². The number of hydrogen-bond donors (Lipinski definition) is 2. The minimum absolute atomic E-state index is 0.131. The van der Waals surface area contributed by atoms with Crippen molar-refractivity contribution in [3.8, 4) is 17.0 Å². The quantitative estimate of drug-likeness (QED) is 0.311. The highest BCUT2D eigenvalue weighted by atomic mass is 32.1. The Morgan fingerprint density at radius 3 is 2.80 bits per heavy atom. The van der Waals surface area contributed by atoms with E-state index in [0.29, 0.717) is 18.8 Å². The smallest absolute Gasteiger partial charge is 0.220 e. The molecule has 0 aliphatic carbocycles. The van der Waals surface area contributed by atoms with E-state index in [1.54, 1.807) is 7.11 Å². The summed E-state index contributed by atoms with van der Waals surface area (Å²) >= 11 is 1.82. The topological polar surface area (TPSA) is 57.4 Å². The van der Waals surface area contributed by atoms with Gasteiger partial charge >= 0.3 is 0 Å². The molecule has 2 aromatic heterocycles. The zero-order chi connectivity index (χ0) is 24.0. The Kier molecular flexibility index (Phi) is 7.50. The number of rotatable bonds is 9. The molecular weight excluding hydrogens is 454 g/mol. The molecule has 0 radical (unpaired) electrons. The lowest BCUT2D eigenvalue weighted by molar-refractivity contribution is -0.121. The second-order valence-corrected chi connectivity index (χ2v) is 10.4. The molecule has 1 amide bonds. The fourth-order valence-corrected chi connectivity index (χ4v) is 5.88. The Balaban J connectivity index is 1.20. The predicted octanol–water partition coefficient (Wildman–Crippen LogP) is 5.87. The van der Waals surface area contributed by atoms with E-state index in [-0.39, 0.29) is 5.91 Å². The molecule has 1 fully saturated rings. The van der Waals surface area contributed by atoms with Crippen LogP contribution in [0.3, 0.4) is 0 Å². The van der Waals surface area contributed by atoms with Crippen molar-refractivity contribution in [2.45, 2.75) is 32.2 Å². The highest BCUT2D eigenvalue weighted by Gasteiger charge is 2.21. The van der Waals surface area contributed by atoms with Crippen molar-refractivity contribution in [1.29, 1.82) is 0 Å². The summed E-state index contributed by atoms with van der Waals surface area (Å²) in [4.78, 5) is 20.4. The maximum Gasteiger partial charge on any atom is 0.220 e. The first kappa shape index (κ1) is 23.6. The van der Waals surface area contributed by atoms with Gasteiger partial charge in [0, 0.05) is 47.5 Å². The molecule has 6 heteroatoms. The van der Waals surface area contributed by atoms with Gasteiger partial charge in [-0.2, -0.15) is 0 Å². The minimum Gasteiger partial charge on any atom is -0.497 e. The van der Waals surface area contributed by atoms with E-state index in [0.717, 1.165) is 48.7 Å². The first-order valence-electron chi connectivity index (χ1n) is 12.4. The van der Waals surface area contributed by atoms with Gasteiger partial charge in [-0.1, -0.05) is 24.3 Å². The van der Waals surface area contributed by atoms with Crippen LogP contribution in [-0.4, -0.2) is 42.5 Å². The molecule has 2 N–H and O–H groups in total. The summed E-state index contributed by atoms with van der Waals surface area (Å²) in [6.07, 6.45) is 3.57. The number of thiophene rings is 1. The molecular formula is C29H33N3O2S. The summed E-state index contributed by atoms with van der Waals surface area (Å²) in [7, 11) is 1.68. The SMILES string of the molecule is COc1ccc(-c2[nH]c3ccccc3c2CCC(=O)NCC2CCCN(Cc3cccs3)C2)cc1. The normalized spacial score (nSPS) is 16.4. The Morgan fingerprint density at radius 1 is 1.14 bits per heavy atom. The highest BCUT2D eigenvalue weighted by molar-refractivity contribution is 7.09. The first-order chi connectivity index (χ1) is 17.2. The largest absolute Gasteiger partial charge is 0.497 e. The summed E-state index contributed by atoms with van der Waals surface area (Å²) < 4.78 is 5.32. The Labute approximate surface area is 211 Å². The van der Waals surface area contributed by atoms with Crippen LogP contribution in [0.5, 0.6) is 5.75 Å². The lowest BCUT2D eigenvalue weighted by Crippen LogP contribution is -2.40. The number of benzene rings is 2. The van der Waals surface area contributed by atoms with Crippen LogP contribution in [0.15, 0.2) is 66.0 Å². The van der Waals surface area contributed by atoms with Crippen LogP contribution < -0.4 is 10.1 Å². The van der Waals surface area contributed by atoms with Crippen molar-refractivity contribution in [2.24, 2.45) is 5.92 Å². The summed E-state index contributed by atoms with van der Waals surface area (Å²) in [6.45, 7) is 4.00. The number of amides is 1. The summed E-state index contributed by atoms with van der Waals surface area (Å²) in [5, 5.41) is 6.55. The number of piperidine rings is 1. The fourth-order valence-electron chi connectivity index (χ4n) is 5.13. The number of para-hydroxylation sites is 1. The van der Waals surface area contributed by atoms with E-state index in [4.69, 9.17) is 4.74 Å². The average molecular weight is 488 g/mol. The van der Waals surface area contributed by atoms with E-state index >= 15 is 0 Å². The minimum atomic E-state index is 0.131. The summed E-state index contributed by atoms with van der Waals surface area (Å²) in [6, 6.07) is 20.7. The van der Waals surface area contributed by atoms with Crippen molar-refractivity contribution in [1.82, 2.24) is 15.2 Å². The van der Waals surface area contributed by atoms with Gasteiger partial charge in [0.25, 0.3) is 0 Å². The van der Waals surface area contributed by atoms with Gasteiger partial charge in [0.2, 0.25) is 5.91 Å².